The Morgan fingerprint density at radius 3 is 2.30 bits per heavy atom. The Bertz CT molecular complexity index is 1530. The number of carbonyl (C=O) groups is 2. The third kappa shape index (κ3) is 9.25. The average molecular weight is 646 g/mol. The van der Waals surface area contributed by atoms with Crippen LogP contribution in [-0.2, 0) is 32.6 Å². The highest BCUT2D eigenvalue weighted by Gasteiger charge is 2.32. The molecule has 0 bridgehead atoms. The van der Waals surface area contributed by atoms with Crippen molar-refractivity contribution in [1.29, 1.82) is 0 Å². The lowest BCUT2D eigenvalue weighted by Gasteiger charge is -2.34. The Kier molecular flexibility index (Phi) is 11.7. The number of halogens is 3. The van der Waals surface area contributed by atoms with Crippen molar-refractivity contribution in [3.8, 4) is 0 Å². The second-order valence-electron chi connectivity index (χ2n) is 11.2. The summed E-state index contributed by atoms with van der Waals surface area (Å²) in [7, 11) is -3.87. The minimum absolute atomic E-state index is 0.0335. The molecule has 3 aromatic carbocycles. The molecule has 0 spiro atoms. The molecule has 0 saturated heterocycles. The molecule has 3 aromatic rings. The zero-order valence-corrected chi connectivity index (χ0v) is 26.3. The molecule has 0 aromatic heterocycles. The van der Waals surface area contributed by atoms with Crippen LogP contribution in [0.5, 0.6) is 0 Å². The minimum atomic E-state index is -3.87. The second-order valence-corrected chi connectivity index (χ2v) is 13.5. The molecule has 1 fully saturated rings. The summed E-state index contributed by atoms with van der Waals surface area (Å²) in [4.78, 5) is 29.4. The molecule has 1 aliphatic rings. The molecule has 7 nitrogen and oxygen atoms in total. The average Bonchev–Trinajstić information content (AvgIpc) is 3.00. The lowest BCUT2D eigenvalue weighted by Crippen LogP contribution is -2.53. The van der Waals surface area contributed by atoms with Gasteiger partial charge in [0.2, 0.25) is 21.8 Å². The summed E-state index contributed by atoms with van der Waals surface area (Å²) in [5.74, 6) is -2.88. The van der Waals surface area contributed by atoms with E-state index < -0.39 is 27.7 Å². The highest BCUT2D eigenvalue weighted by atomic mass is 35.5. The van der Waals surface area contributed by atoms with Gasteiger partial charge in [0, 0.05) is 43.1 Å². The molecule has 4 rings (SSSR count). The van der Waals surface area contributed by atoms with E-state index in [9.17, 15) is 26.8 Å². The normalized spacial score (nSPS) is 14.5. The second kappa shape index (κ2) is 15.5. The summed E-state index contributed by atoms with van der Waals surface area (Å²) in [5.41, 5.74) is 1.51. The quantitative estimate of drug-likeness (QED) is 0.238. The van der Waals surface area contributed by atoms with Gasteiger partial charge in [-0.3, -0.25) is 13.9 Å². The zero-order valence-electron chi connectivity index (χ0n) is 24.7. The third-order valence-electron chi connectivity index (χ3n) is 7.86. The number of anilines is 1. The van der Waals surface area contributed by atoms with Gasteiger partial charge in [-0.1, -0.05) is 79.4 Å². The lowest BCUT2D eigenvalue weighted by atomic mass is 9.94. The van der Waals surface area contributed by atoms with Gasteiger partial charge in [-0.25, -0.2) is 17.2 Å². The van der Waals surface area contributed by atoms with Crippen molar-refractivity contribution >= 4 is 39.1 Å². The van der Waals surface area contributed by atoms with E-state index in [4.69, 9.17) is 11.6 Å². The van der Waals surface area contributed by atoms with Crippen LogP contribution in [0.2, 0.25) is 5.02 Å². The van der Waals surface area contributed by atoms with Crippen LogP contribution in [0, 0.1) is 11.6 Å². The van der Waals surface area contributed by atoms with Crippen LogP contribution >= 0.6 is 11.6 Å². The van der Waals surface area contributed by atoms with Crippen LogP contribution < -0.4 is 9.62 Å². The number of benzene rings is 3. The number of hydrogen-bond acceptors (Lipinski definition) is 4. The van der Waals surface area contributed by atoms with Crippen molar-refractivity contribution in [2.24, 2.45) is 0 Å². The molecule has 1 saturated carbocycles. The van der Waals surface area contributed by atoms with E-state index in [1.807, 2.05) is 36.4 Å². The largest absolute Gasteiger partial charge is 0.352 e. The smallest absolute Gasteiger partial charge is 0.243 e. The maximum absolute atomic E-state index is 14.0. The van der Waals surface area contributed by atoms with Gasteiger partial charge in [-0.15, -0.1) is 0 Å². The zero-order chi connectivity index (χ0) is 31.7. The summed E-state index contributed by atoms with van der Waals surface area (Å²) >= 11 is 6.49. The molecule has 0 heterocycles. The molecule has 2 amide bonds. The monoisotopic (exact) mass is 645 g/mol. The Hall–Kier alpha value is -3.50. The van der Waals surface area contributed by atoms with Crippen molar-refractivity contribution in [2.45, 2.75) is 70.0 Å². The SMILES string of the molecule is CS(=O)(=O)N(CCCC(=O)N(Cc1ccccc1Cl)C(Cc1ccccc1)C(=O)NC1CCCCC1)c1ccc(F)c(F)c1. The predicted molar refractivity (Wildman–Crippen MR) is 169 cm³/mol. The van der Waals surface area contributed by atoms with Gasteiger partial charge < -0.3 is 10.2 Å². The molecular weight excluding hydrogens is 608 g/mol. The number of nitrogens with zero attached hydrogens (tertiary/aromatic N) is 2. The molecule has 1 aliphatic carbocycles. The Morgan fingerprint density at radius 1 is 0.955 bits per heavy atom. The number of carbonyl (C=O) groups excluding carboxylic acids is 2. The van der Waals surface area contributed by atoms with E-state index in [0.717, 1.165) is 60.4 Å². The number of hydrogen-bond donors (Lipinski definition) is 1. The summed E-state index contributed by atoms with van der Waals surface area (Å²) in [6, 6.07) is 18.6. The van der Waals surface area contributed by atoms with Crippen LogP contribution in [0.25, 0.3) is 0 Å². The molecule has 1 N–H and O–H groups in total. The van der Waals surface area contributed by atoms with Crippen LogP contribution in [0.15, 0.2) is 72.8 Å². The van der Waals surface area contributed by atoms with Gasteiger partial charge in [-0.05, 0) is 48.6 Å². The highest BCUT2D eigenvalue weighted by Crippen LogP contribution is 2.24. The number of rotatable bonds is 13. The maximum atomic E-state index is 14.0. The van der Waals surface area contributed by atoms with Crippen LogP contribution in [-0.4, -0.2) is 50.0 Å². The maximum Gasteiger partial charge on any atom is 0.243 e. The van der Waals surface area contributed by atoms with Crippen LogP contribution in [0.3, 0.4) is 0 Å². The molecule has 44 heavy (non-hydrogen) atoms. The van der Waals surface area contributed by atoms with Gasteiger partial charge in [0.05, 0.1) is 11.9 Å². The standard InChI is InChI=1S/C33H38ClF2N3O4S/c1-44(42,43)39(27-18-19-29(35)30(36)22-27)20-10-17-32(40)38(23-25-13-8-9-16-28(25)34)31(21-24-11-4-2-5-12-24)33(41)37-26-14-6-3-7-15-26/h2,4-5,8-9,11-13,16,18-19,22,26,31H,3,6-7,10,14-15,17,20-21,23H2,1H3,(H,37,41). The molecular formula is C33H38ClF2N3O4S. The predicted octanol–water partition coefficient (Wildman–Crippen LogP) is 6.25. The van der Waals surface area contributed by atoms with Crippen molar-refractivity contribution in [1.82, 2.24) is 10.2 Å². The van der Waals surface area contributed by atoms with Crippen LogP contribution in [0.1, 0.15) is 56.1 Å². The number of nitrogens with one attached hydrogen (secondary N) is 1. The number of amides is 2. The third-order valence-corrected chi connectivity index (χ3v) is 9.43. The first kappa shape index (κ1) is 33.4. The van der Waals surface area contributed by atoms with E-state index in [2.05, 4.69) is 5.32 Å². The van der Waals surface area contributed by atoms with E-state index >= 15 is 0 Å². The van der Waals surface area contributed by atoms with Crippen molar-refractivity contribution in [3.63, 3.8) is 0 Å². The molecule has 236 valence electrons. The van der Waals surface area contributed by atoms with E-state index in [1.54, 1.807) is 18.2 Å². The van der Waals surface area contributed by atoms with Gasteiger partial charge in [0.15, 0.2) is 11.6 Å². The van der Waals surface area contributed by atoms with E-state index in [1.165, 1.54) is 11.0 Å². The Labute approximate surface area is 263 Å². The Morgan fingerprint density at radius 2 is 1.64 bits per heavy atom. The van der Waals surface area contributed by atoms with Crippen molar-refractivity contribution < 1.29 is 26.8 Å². The lowest BCUT2D eigenvalue weighted by molar-refractivity contribution is -0.141. The highest BCUT2D eigenvalue weighted by molar-refractivity contribution is 7.92. The van der Waals surface area contributed by atoms with Crippen LogP contribution in [0.4, 0.5) is 14.5 Å². The van der Waals surface area contributed by atoms with Gasteiger partial charge in [0.25, 0.3) is 0 Å². The summed E-state index contributed by atoms with van der Waals surface area (Å²) in [6.45, 7) is -0.0692. The van der Waals surface area contributed by atoms with E-state index in [0.29, 0.717) is 10.6 Å². The summed E-state index contributed by atoms with van der Waals surface area (Å²) in [5, 5.41) is 3.64. The fraction of sp³-hybridized carbons (Fsp3) is 0.394. The first-order chi connectivity index (χ1) is 21.0. The minimum Gasteiger partial charge on any atom is -0.352 e. The fourth-order valence-electron chi connectivity index (χ4n) is 5.55. The molecule has 11 heteroatoms. The summed E-state index contributed by atoms with van der Waals surface area (Å²) < 4.78 is 53.5. The van der Waals surface area contributed by atoms with Crippen molar-refractivity contribution in [3.05, 3.63) is 101 Å². The first-order valence-electron chi connectivity index (χ1n) is 14.8. The molecule has 0 aliphatic heterocycles. The molecule has 1 unspecified atom stereocenters. The summed E-state index contributed by atoms with van der Waals surface area (Å²) in [6.07, 6.45) is 6.18. The molecule has 1 atom stereocenters. The van der Waals surface area contributed by atoms with Gasteiger partial charge >= 0.3 is 0 Å². The fourth-order valence-corrected chi connectivity index (χ4v) is 6.71. The van der Waals surface area contributed by atoms with Gasteiger partial charge in [0.1, 0.15) is 6.04 Å². The van der Waals surface area contributed by atoms with Crippen molar-refractivity contribution in [2.75, 3.05) is 17.1 Å². The Balaban J connectivity index is 1.60. The number of sulfonamides is 1. The van der Waals surface area contributed by atoms with E-state index in [-0.39, 0.29) is 55.9 Å². The topological polar surface area (TPSA) is 86.8 Å². The molecule has 0 radical (unpaired) electrons. The van der Waals surface area contributed by atoms with Gasteiger partial charge in [-0.2, -0.15) is 0 Å². The first-order valence-corrected chi connectivity index (χ1v) is 17.1.